The summed E-state index contributed by atoms with van der Waals surface area (Å²) in [4.78, 5) is 16.1. The second-order valence-electron chi connectivity index (χ2n) is 6.11. The lowest BCUT2D eigenvalue weighted by Crippen LogP contribution is -2.38. The third kappa shape index (κ3) is 6.27. The maximum atomic E-state index is 13.7. The van der Waals surface area contributed by atoms with Crippen molar-refractivity contribution in [3.63, 3.8) is 0 Å². The number of halogens is 3. The van der Waals surface area contributed by atoms with Crippen LogP contribution >= 0.6 is 24.8 Å². The Morgan fingerprint density at radius 2 is 2.15 bits per heavy atom. The summed E-state index contributed by atoms with van der Waals surface area (Å²) in [5.74, 6) is 0.988. The molecule has 144 valence electrons. The number of rotatable bonds is 6. The smallest absolute Gasteiger partial charge is 0.220 e. The lowest BCUT2D eigenvalue weighted by molar-refractivity contribution is -0.121. The largest absolute Gasteiger partial charge is 0.441 e. The SMILES string of the molecule is Cl.Cl.O=C(CCc1ncc(-c2ccccc2F)o1)NCC1CCCNC1. The molecule has 2 N–H and O–H groups in total. The van der Waals surface area contributed by atoms with E-state index >= 15 is 0 Å². The predicted octanol–water partition coefficient (Wildman–Crippen LogP) is 3.37. The highest BCUT2D eigenvalue weighted by molar-refractivity contribution is 5.85. The molecule has 0 spiro atoms. The molecule has 1 fully saturated rings. The maximum Gasteiger partial charge on any atom is 0.220 e. The van der Waals surface area contributed by atoms with Gasteiger partial charge in [-0.3, -0.25) is 4.79 Å². The minimum absolute atomic E-state index is 0. The van der Waals surface area contributed by atoms with Crippen molar-refractivity contribution < 1.29 is 13.6 Å². The van der Waals surface area contributed by atoms with Gasteiger partial charge in [-0.2, -0.15) is 0 Å². The highest BCUT2D eigenvalue weighted by Crippen LogP contribution is 2.23. The molecule has 1 unspecified atom stereocenters. The van der Waals surface area contributed by atoms with E-state index < -0.39 is 0 Å². The molecule has 1 amide bonds. The van der Waals surface area contributed by atoms with Crippen LogP contribution in [0.15, 0.2) is 34.9 Å². The molecule has 1 saturated heterocycles. The van der Waals surface area contributed by atoms with Gasteiger partial charge in [-0.05, 0) is 44.0 Å². The number of oxazole rings is 1. The third-order valence-electron chi connectivity index (χ3n) is 4.25. The molecule has 1 atom stereocenters. The van der Waals surface area contributed by atoms with Crippen molar-refractivity contribution in [2.24, 2.45) is 5.92 Å². The van der Waals surface area contributed by atoms with E-state index in [-0.39, 0.29) is 36.5 Å². The number of amides is 1. The Labute approximate surface area is 165 Å². The van der Waals surface area contributed by atoms with Crippen LogP contribution in [0.2, 0.25) is 0 Å². The average Bonchev–Trinajstić information content (AvgIpc) is 3.08. The molecule has 1 aliphatic heterocycles. The molecule has 0 saturated carbocycles. The van der Waals surface area contributed by atoms with Gasteiger partial charge >= 0.3 is 0 Å². The quantitative estimate of drug-likeness (QED) is 0.775. The summed E-state index contributed by atoms with van der Waals surface area (Å²) < 4.78 is 19.3. The normalized spacial score (nSPS) is 16.3. The van der Waals surface area contributed by atoms with E-state index in [1.807, 2.05) is 0 Å². The molecule has 3 rings (SSSR count). The summed E-state index contributed by atoms with van der Waals surface area (Å²) in [5.41, 5.74) is 0.380. The topological polar surface area (TPSA) is 67.2 Å². The second kappa shape index (κ2) is 11.2. The van der Waals surface area contributed by atoms with E-state index in [0.29, 0.717) is 42.5 Å². The van der Waals surface area contributed by atoms with Crippen LogP contribution in [0.25, 0.3) is 11.3 Å². The predicted molar refractivity (Wildman–Crippen MR) is 103 cm³/mol. The maximum absolute atomic E-state index is 13.7. The number of carbonyl (C=O) groups is 1. The third-order valence-corrected chi connectivity index (χ3v) is 4.25. The van der Waals surface area contributed by atoms with E-state index in [1.54, 1.807) is 18.2 Å². The number of aromatic nitrogens is 1. The van der Waals surface area contributed by atoms with Gasteiger partial charge < -0.3 is 15.1 Å². The zero-order valence-electron chi connectivity index (χ0n) is 14.4. The lowest BCUT2D eigenvalue weighted by Gasteiger charge is -2.22. The van der Waals surface area contributed by atoms with Crippen molar-refractivity contribution in [2.45, 2.75) is 25.7 Å². The van der Waals surface area contributed by atoms with Crippen molar-refractivity contribution in [2.75, 3.05) is 19.6 Å². The van der Waals surface area contributed by atoms with Crippen LogP contribution < -0.4 is 10.6 Å². The van der Waals surface area contributed by atoms with Crippen molar-refractivity contribution in [1.29, 1.82) is 0 Å². The van der Waals surface area contributed by atoms with Crippen molar-refractivity contribution >= 4 is 30.7 Å². The zero-order chi connectivity index (χ0) is 16.8. The van der Waals surface area contributed by atoms with E-state index in [9.17, 15) is 9.18 Å². The van der Waals surface area contributed by atoms with Crippen LogP contribution in [-0.2, 0) is 11.2 Å². The number of hydrogen-bond donors (Lipinski definition) is 2. The van der Waals surface area contributed by atoms with Gasteiger partial charge in [0.1, 0.15) is 5.82 Å². The van der Waals surface area contributed by atoms with Crippen LogP contribution in [0.5, 0.6) is 0 Å². The summed E-state index contributed by atoms with van der Waals surface area (Å²) in [6.45, 7) is 2.74. The number of nitrogens with one attached hydrogen (secondary N) is 2. The molecule has 1 aromatic carbocycles. The van der Waals surface area contributed by atoms with E-state index in [0.717, 1.165) is 25.9 Å². The summed E-state index contributed by atoms with van der Waals surface area (Å²) in [6, 6.07) is 6.39. The Hall–Kier alpha value is -1.63. The number of nitrogens with zero attached hydrogens (tertiary/aromatic N) is 1. The van der Waals surface area contributed by atoms with Gasteiger partial charge in [0.2, 0.25) is 5.91 Å². The highest BCUT2D eigenvalue weighted by Gasteiger charge is 2.15. The Balaban J connectivity index is 0.00000169. The highest BCUT2D eigenvalue weighted by atomic mass is 35.5. The Morgan fingerprint density at radius 1 is 1.35 bits per heavy atom. The first-order chi connectivity index (χ1) is 11.7. The average molecular weight is 404 g/mol. The van der Waals surface area contributed by atoms with Gasteiger partial charge in [0.05, 0.1) is 11.8 Å². The zero-order valence-corrected chi connectivity index (χ0v) is 16.0. The summed E-state index contributed by atoms with van der Waals surface area (Å²) in [7, 11) is 0. The number of benzene rings is 1. The van der Waals surface area contributed by atoms with Crippen LogP contribution in [-0.4, -0.2) is 30.5 Å². The van der Waals surface area contributed by atoms with Crippen LogP contribution in [0.1, 0.15) is 25.2 Å². The fraction of sp³-hybridized carbons (Fsp3) is 0.444. The Kier molecular flexibility index (Phi) is 9.62. The van der Waals surface area contributed by atoms with Gasteiger partial charge in [0.15, 0.2) is 11.7 Å². The van der Waals surface area contributed by atoms with Crippen molar-refractivity contribution in [1.82, 2.24) is 15.6 Å². The van der Waals surface area contributed by atoms with Crippen LogP contribution in [0, 0.1) is 11.7 Å². The van der Waals surface area contributed by atoms with Crippen LogP contribution in [0.4, 0.5) is 4.39 Å². The molecule has 0 aliphatic carbocycles. The number of aryl methyl sites for hydroxylation is 1. The first-order valence-electron chi connectivity index (χ1n) is 8.39. The molecule has 2 aromatic rings. The van der Waals surface area contributed by atoms with Crippen molar-refractivity contribution in [3.05, 3.63) is 42.2 Å². The summed E-state index contributed by atoms with van der Waals surface area (Å²) >= 11 is 0. The minimum Gasteiger partial charge on any atom is -0.441 e. The lowest BCUT2D eigenvalue weighted by atomic mass is 10.00. The minimum atomic E-state index is -0.348. The number of hydrogen-bond acceptors (Lipinski definition) is 4. The fourth-order valence-corrected chi connectivity index (χ4v) is 2.88. The molecule has 0 bridgehead atoms. The number of piperidine rings is 1. The molecular weight excluding hydrogens is 380 g/mol. The summed E-state index contributed by atoms with van der Waals surface area (Å²) in [5, 5.41) is 6.29. The van der Waals surface area contributed by atoms with E-state index in [1.165, 1.54) is 12.3 Å². The van der Waals surface area contributed by atoms with E-state index in [4.69, 9.17) is 4.42 Å². The first-order valence-corrected chi connectivity index (χ1v) is 8.39. The van der Waals surface area contributed by atoms with E-state index in [2.05, 4.69) is 15.6 Å². The molecule has 2 heterocycles. The number of carbonyl (C=O) groups excluding carboxylic acids is 1. The molecule has 5 nitrogen and oxygen atoms in total. The van der Waals surface area contributed by atoms with Gasteiger partial charge in [-0.1, -0.05) is 12.1 Å². The van der Waals surface area contributed by atoms with Gasteiger partial charge in [-0.15, -0.1) is 24.8 Å². The molecule has 1 aliphatic rings. The molecular formula is C18H24Cl2FN3O2. The van der Waals surface area contributed by atoms with Crippen LogP contribution in [0.3, 0.4) is 0 Å². The second-order valence-corrected chi connectivity index (χ2v) is 6.11. The molecule has 26 heavy (non-hydrogen) atoms. The molecule has 8 heteroatoms. The van der Waals surface area contributed by atoms with Gasteiger partial charge in [0, 0.05) is 19.4 Å². The first kappa shape index (κ1) is 22.4. The summed E-state index contributed by atoms with van der Waals surface area (Å²) in [6.07, 6.45) is 4.54. The Morgan fingerprint density at radius 3 is 2.88 bits per heavy atom. The molecule has 1 aromatic heterocycles. The standard InChI is InChI=1S/C18H22FN3O2.2ClH/c19-15-6-2-1-5-14(15)16-12-22-18(24-16)8-7-17(23)21-11-13-4-3-9-20-10-13;;/h1-2,5-6,12-13,20H,3-4,7-11H2,(H,21,23);2*1H. The van der Waals surface area contributed by atoms with Gasteiger partial charge in [0.25, 0.3) is 0 Å². The monoisotopic (exact) mass is 403 g/mol. The Bertz CT molecular complexity index is 691. The van der Waals surface area contributed by atoms with Gasteiger partial charge in [-0.25, -0.2) is 9.37 Å². The van der Waals surface area contributed by atoms with Crippen molar-refractivity contribution in [3.8, 4) is 11.3 Å². The molecule has 0 radical (unpaired) electrons. The fourth-order valence-electron chi connectivity index (χ4n) is 2.88.